The Bertz CT molecular complexity index is 284. The lowest BCUT2D eigenvalue weighted by Crippen LogP contribution is -2.15. The van der Waals surface area contributed by atoms with E-state index in [0.717, 1.165) is 32.7 Å². The second kappa shape index (κ2) is 7.41. The van der Waals surface area contributed by atoms with Crippen LogP contribution in [0.25, 0.3) is 0 Å². The number of aromatic nitrogens is 2. The third-order valence-electron chi connectivity index (χ3n) is 2.27. The predicted octanol–water partition coefficient (Wildman–Crippen LogP) is 1.67. The summed E-state index contributed by atoms with van der Waals surface area (Å²) < 4.78 is 7.00. The standard InChI is InChI=1S/C12H23N3O/c1-11(2)9-15-10-12(8-14-15)7-13-5-4-6-16-3/h8,10-11,13H,4-7,9H2,1-3H3. The lowest BCUT2D eigenvalue weighted by Gasteiger charge is -2.04. The molecular weight excluding hydrogens is 202 g/mol. The first-order valence-corrected chi connectivity index (χ1v) is 5.93. The van der Waals surface area contributed by atoms with Crippen molar-refractivity contribution in [1.29, 1.82) is 0 Å². The van der Waals surface area contributed by atoms with Gasteiger partial charge in [-0.1, -0.05) is 13.8 Å². The van der Waals surface area contributed by atoms with Crippen LogP contribution in [0, 0.1) is 5.92 Å². The van der Waals surface area contributed by atoms with Gasteiger partial charge in [0, 0.05) is 38.6 Å². The van der Waals surface area contributed by atoms with Gasteiger partial charge in [0.25, 0.3) is 0 Å². The van der Waals surface area contributed by atoms with E-state index in [9.17, 15) is 0 Å². The summed E-state index contributed by atoms with van der Waals surface area (Å²) in [5, 5.41) is 7.69. The molecule has 0 saturated carbocycles. The fourth-order valence-electron chi connectivity index (χ4n) is 1.55. The molecule has 0 saturated heterocycles. The molecule has 16 heavy (non-hydrogen) atoms. The fourth-order valence-corrected chi connectivity index (χ4v) is 1.55. The molecule has 1 aromatic heterocycles. The number of hydrogen-bond donors (Lipinski definition) is 1. The van der Waals surface area contributed by atoms with Gasteiger partial charge in [-0.25, -0.2) is 0 Å². The summed E-state index contributed by atoms with van der Waals surface area (Å²) in [4.78, 5) is 0. The largest absolute Gasteiger partial charge is 0.385 e. The van der Waals surface area contributed by atoms with Crippen molar-refractivity contribution in [2.45, 2.75) is 33.4 Å². The van der Waals surface area contributed by atoms with Gasteiger partial charge < -0.3 is 10.1 Å². The summed E-state index contributed by atoms with van der Waals surface area (Å²) in [5.41, 5.74) is 1.25. The molecule has 0 amide bonds. The minimum atomic E-state index is 0.641. The molecule has 1 heterocycles. The highest BCUT2D eigenvalue weighted by Crippen LogP contribution is 2.01. The molecule has 1 N–H and O–H groups in total. The van der Waals surface area contributed by atoms with Crippen LogP contribution in [0.3, 0.4) is 0 Å². The van der Waals surface area contributed by atoms with E-state index in [-0.39, 0.29) is 0 Å². The van der Waals surface area contributed by atoms with E-state index in [1.807, 2.05) is 10.9 Å². The summed E-state index contributed by atoms with van der Waals surface area (Å²) in [7, 11) is 1.73. The summed E-state index contributed by atoms with van der Waals surface area (Å²) >= 11 is 0. The Morgan fingerprint density at radius 1 is 1.50 bits per heavy atom. The van der Waals surface area contributed by atoms with Gasteiger partial charge in [0.2, 0.25) is 0 Å². The van der Waals surface area contributed by atoms with Crippen LogP contribution in [0.15, 0.2) is 12.4 Å². The molecule has 0 unspecified atom stereocenters. The van der Waals surface area contributed by atoms with Crippen LogP contribution in [-0.2, 0) is 17.8 Å². The van der Waals surface area contributed by atoms with Gasteiger partial charge in [0.1, 0.15) is 0 Å². The highest BCUT2D eigenvalue weighted by molar-refractivity contribution is 5.03. The molecule has 1 aromatic rings. The molecule has 4 heteroatoms. The molecule has 0 atom stereocenters. The van der Waals surface area contributed by atoms with Crippen molar-refractivity contribution in [3.8, 4) is 0 Å². The first-order chi connectivity index (χ1) is 7.72. The molecule has 0 aliphatic rings. The third-order valence-corrected chi connectivity index (χ3v) is 2.27. The van der Waals surface area contributed by atoms with Gasteiger partial charge in [0.05, 0.1) is 6.20 Å². The monoisotopic (exact) mass is 225 g/mol. The summed E-state index contributed by atoms with van der Waals surface area (Å²) in [6, 6.07) is 0. The average Bonchev–Trinajstić information content (AvgIpc) is 2.64. The second-order valence-corrected chi connectivity index (χ2v) is 4.49. The summed E-state index contributed by atoms with van der Waals surface area (Å²) in [6.45, 7) is 8.09. The van der Waals surface area contributed by atoms with Crippen LogP contribution >= 0.6 is 0 Å². The smallest absolute Gasteiger partial charge is 0.0534 e. The van der Waals surface area contributed by atoms with Crippen molar-refractivity contribution in [2.24, 2.45) is 5.92 Å². The van der Waals surface area contributed by atoms with Crippen molar-refractivity contribution < 1.29 is 4.74 Å². The van der Waals surface area contributed by atoms with E-state index < -0.39 is 0 Å². The maximum Gasteiger partial charge on any atom is 0.0534 e. The first kappa shape index (κ1) is 13.2. The lowest BCUT2D eigenvalue weighted by molar-refractivity contribution is 0.194. The van der Waals surface area contributed by atoms with Gasteiger partial charge in [-0.2, -0.15) is 5.10 Å². The number of ether oxygens (including phenoxy) is 1. The summed E-state index contributed by atoms with van der Waals surface area (Å²) in [5.74, 6) is 0.641. The fraction of sp³-hybridized carbons (Fsp3) is 0.750. The van der Waals surface area contributed by atoms with E-state index >= 15 is 0 Å². The molecular formula is C12H23N3O. The van der Waals surface area contributed by atoms with Gasteiger partial charge in [-0.05, 0) is 18.9 Å². The lowest BCUT2D eigenvalue weighted by atomic mass is 10.2. The average molecular weight is 225 g/mol. The molecule has 0 aliphatic heterocycles. The van der Waals surface area contributed by atoms with Crippen molar-refractivity contribution >= 4 is 0 Å². The highest BCUT2D eigenvalue weighted by Gasteiger charge is 2.00. The Hall–Kier alpha value is -0.870. The first-order valence-electron chi connectivity index (χ1n) is 5.93. The Labute approximate surface area is 98.0 Å². The van der Waals surface area contributed by atoms with Crippen LogP contribution in [0.1, 0.15) is 25.8 Å². The maximum atomic E-state index is 4.99. The topological polar surface area (TPSA) is 39.1 Å². The molecule has 0 fully saturated rings. The Morgan fingerprint density at radius 2 is 2.31 bits per heavy atom. The summed E-state index contributed by atoms with van der Waals surface area (Å²) in [6.07, 6.45) is 5.10. The molecule has 0 aliphatic carbocycles. The van der Waals surface area contributed by atoms with Gasteiger partial charge in [-0.15, -0.1) is 0 Å². The van der Waals surface area contributed by atoms with E-state index in [0.29, 0.717) is 5.92 Å². The number of hydrogen-bond acceptors (Lipinski definition) is 3. The number of rotatable bonds is 8. The molecule has 4 nitrogen and oxygen atoms in total. The molecule has 0 spiro atoms. The van der Waals surface area contributed by atoms with Crippen molar-refractivity contribution in [3.63, 3.8) is 0 Å². The van der Waals surface area contributed by atoms with Crippen LogP contribution in [0.2, 0.25) is 0 Å². The minimum Gasteiger partial charge on any atom is -0.385 e. The Morgan fingerprint density at radius 3 is 3.00 bits per heavy atom. The van der Waals surface area contributed by atoms with Crippen molar-refractivity contribution in [1.82, 2.24) is 15.1 Å². The molecule has 0 bridgehead atoms. The third kappa shape index (κ3) is 5.28. The van der Waals surface area contributed by atoms with E-state index in [1.165, 1.54) is 5.56 Å². The van der Waals surface area contributed by atoms with E-state index in [2.05, 4.69) is 30.5 Å². The normalized spacial score (nSPS) is 11.2. The van der Waals surface area contributed by atoms with Crippen LogP contribution in [0.4, 0.5) is 0 Å². The predicted molar refractivity (Wildman–Crippen MR) is 65.3 cm³/mol. The van der Waals surface area contributed by atoms with Gasteiger partial charge in [-0.3, -0.25) is 4.68 Å². The van der Waals surface area contributed by atoms with E-state index in [4.69, 9.17) is 4.74 Å². The van der Waals surface area contributed by atoms with Gasteiger partial charge >= 0.3 is 0 Å². The van der Waals surface area contributed by atoms with Crippen LogP contribution in [-0.4, -0.2) is 30.0 Å². The Balaban J connectivity index is 2.19. The molecule has 1 rings (SSSR count). The SMILES string of the molecule is COCCCNCc1cnn(CC(C)C)c1. The second-order valence-electron chi connectivity index (χ2n) is 4.49. The maximum absolute atomic E-state index is 4.99. The zero-order valence-corrected chi connectivity index (χ0v) is 10.6. The zero-order valence-electron chi connectivity index (χ0n) is 10.6. The highest BCUT2D eigenvalue weighted by atomic mass is 16.5. The quantitative estimate of drug-likeness (QED) is 0.684. The molecule has 0 aromatic carbocycles. The molecule has 0 radical (unpaired) electrons. The number of nitrogens with one attached hydrogen (secondary N) is 1. The van der Waals surface area contributed by atoms with Crippen LogP contribution < -0.4 is 5.32 Å². The van der Waals surface area contributed by atoms with Crippen LogP contribution in [0.5, 0.6) is 0 Å². The van der Waals surface area contributed by atoms with Crippen molar-refractivity contribution in [2.75, 3.05) is 20.3 Å². The Kier molecular flexibility index (Phi) is 6.11. The minimum absolute atomic E-state index is 0.641. The van der Waals surface area contributed by atoms with Crippen molar-refractivity contribution in [3.05, 3.63) is 18.0 Å². The van der Waals surface area contributed by atoms with E-state index in [1.54, 1.807) is 7.11 Å². The zero-order chi connectivity index (χ0) is 11.8. The number of nitrogens with zero attached hydrogens (tertiary/aromatic N) is 2. The number of methoxy groups -OCH3 is 1. The van der Waals surface area contributed by atoms with Gasteiger partial charge in [0.15, 0.2) is 0 Å². The molecule has 92 valence electrons.